The first-order valence-electron chi connectivity index (χ1n) is 10.2. The summed E-state index contributed by atoms with van der Waals surface area (Å²) in [5.41, 5.74) is 2.50. The van der Waals surface area contributed by atoms with Crippen LogP contribution in [0.5, 0.6) is 0 Å². The van der Waals surface area contributed by atoms with Gasteiger partial charge in [-0.2, -0.15) is 0 Å². The van der Waals surface area contributed by atoms with Gasteiger partial charge in [-0.25, -0.2) is 4.98 Å². The molecule has 0 aliphatic carbocycles. The zero-order chi connectivity index (χ0) is 20.2. The number of para-hydroxylation sites is 2. The summed E-state index contributed by atoms with van der Waals surface area (Å²) in [6.45, 7) is 4.01. The summed E-state index contributed by atoms with van der Waals surface area (Å²) in [6, 6.07) is 17.4. The third-order valence-electron chi connectivity index (χ3n) is 5.48. The number of carbonyl (C=O) groups is 1. The molecule has 3 aromatic rings. The fraction of sp³-hybridized carbons (Fsp3) is 0.348. The van der Waals surface area contributed by atoms with Gasteiger partial charge in [0.25, 0.3) is 5.56 Å². The normalized spacial score (nSPS) is 14.9. The van der Waals surface area contributed by atoms with E-state index in [9.17, 15) is 9.59 Å². The van der Waals surface area contributed by atoms with Crippen LogP contribution in [-0.2, 0) is 11.3 Å². The van der Waals surface area contributed by atoms with Gasteiger partial charge in [-0.15, -0.1) is 0 Å². The maximum absolute atomic E-state index is 13.2. The molecule has 1 fully saturated rings. The molecular weight excluding hydrogens is 364 g/mol. The van der Waals surface area contributed by atoms with Crippen molar-refractivity contribution >= 4 is 22.8 Å². The fourth-order valence-electron chi connectivity index (χ4n) is 3.89. The molecule has 1 saturated heterocycles. The summed E-state index contributed by atoms with van der Waals surface area (Å²) in [7, 11) is 0. The molecule has 1 aliphatic heterocycles. The van der Waals surface area contributed by atoms with E-state index >= 15 is 0 Å². The topological polar surface area (TPSA) is 67.2 Å². The van der Waals surface area contributed by atoms with E-state index in [-0.39, 0.29) is 23.9 Å². The highest BCUT2D eigenvalue weighted by atomic mass is 16.2. The monoisotopic (exact) mass is 390 g/mol. The van der Waals surface area contributed by atoms with Crippen LogP contribution < -0.4 is 15.8 Å². The van der Waals surface area contributed by atoms with Crippen molar-refractivity contribution in [2.45, 2.75) is 38.8 Å². The molecule has 1 N–H and O–H groups in total. The molecule has 0 spiro atoms. The molecule has 2 heterocycles. The van der Waals surface area contributed by atoms with Gasteiger partial charge in [0.2, 0.25) is 5.91 Å². The van der Waals surface area contributed by atoms with Crippen LogP contribution in [0.2, 0.25) is 0 Å². The van der Waals surface area contributed by atoms with E-state index in [0.717, 1.165) is 42.5 Å². The van der Waals surface area contributed by atoms with Gasteiger partial charge in [0.15, 0.2) is 5.82 Å². The Morgan fingerprint density at radius 1 is 1.07 bits per heavy atom. The Morgan fingerprint density at radius 3 is 2.52 bits per heavy atom. The van der Waals surface area contributed by atoms with Gasteiger partial charge in [-0.05, 0) is 37.5 Å². The summed E-state index contributed by atoms with van der Waals surface area (Å²) >= 11 is 0. The summed E-state index contributed by atoms with van der Waals surface area (Å²) < 4.78 is 1.70. The maximum Gasteiger partial charge on any atom is 0.294 e. The third kappa shape index (κ3) is 4.16. The molecule has 29 heavy (non-hydrogen) atoms. The predicted molar refractivity (Wildman–Crippen MR) is 115 cm³/mol. The molecule has 1 atom stereocenters. The van der Waals surface area contributed by atoms with Crippen LogP contribution in [0, 0.1) is 0 Å². The molecule has 1 unspecified atom stereocenters. The highest BCUT2D eigenvalue weighted by Gasteiger charge is 2.20. The van der Waals surface area contributed by atoms with Gasteiger partial charge < -0.3 is 14.8 Å². The Balaban J connectivity index is 1.54. The lowest BCUT2D eigenvalue weighted by molar-refractivity contribution is -0.121. The van der Waals surface area contributed by atoms with E-state index in [2.05, 4.69) is 15.2 Å². The van der Waals surface area contributed by atoms with Crippen LogP contribution in [-0.4, -0.2) is 28.5 Å². The highest BCUT2D eigenvalue weighted by Crippen LogP contribution is 2.18. The molecule has 2 aromatic carbocycles. The third-order valence-corrected chi connectivity index (χ3v) is 5.48. The second-order valence-corrected chi connectivity index (χ2v) is 7.52. The summed E-state index contributed by atoms with van der Waals surface area (Å²) in [5.74, 6) is 0.427. The highest BCUT2D eigenvalue weighted by molar-refractivity contribution is 5.78. The van der Waals surface area contributed by atoms with Crippen molar-refractivity contribution in [3.63, 3.8) is 0 Å². The SMILES string of the molecule is CC(NC(=O)CCn1c(=O)c(N2CCCC2)nc2ccccc21)c1ccccc1. The number of nitrogens with zero attached hydrogens (tertiary/aromatic N) is 3. The number of fused-ring (bicyclic) bond motifs is 1. The van der Waals surface area contributed by atoms with Gasteiger partial charge >= 0.3 is 0 Å². The Kier molecular flexibility index (Phi) is 5.60. The van der Waals surface area contributed by atoms with Crippen LogP contribution in [0.3, 0.4) is 0 Å². The van der Waals surface area contributed by atoms with Gasteiger partial charge in [0.1, 0.15) is 0 Å². The molecule has 0 saturated carbocycles. The van der Waals surface area contributed by atoms with Crippen LogP contribution in [0.25, 0.3) is 11.0 Å². The van der Waals surface area contributed by atoms with Crippen molar-refractivity contribution in [1.82, 2.24) is 14.9 Å². The fourth-order valence-corrected chi connectivity index (χ4v) is 3.89. The molecule has 1 aliphatic rings. The first-order chi connectivity index (χ1) is 14.1. The summed E-state index contributed by atoms with van der Waals surface area (Å²) in [4.78, 5) is 32.4. The lowest BCUT2D eigenvalue weighted by atomic mass is 10.1. The zero-order valence-corrected chi connectivity index (χ0v) is 16.7. The van der Waals surface area contributed by atoms with E-state index in [0.29, 0.717) is 12.4 Å². The van der Waals surface area contributed by atoms with Crippen LogP contribution in [0.1, 0.15) is 37.8 Å². The number of carbonyl (C=O) groups excluding carboxylic acids is 1. The smallest absolute Gasteiger partial charge is 0.294 e. The minimum Gasteiger partial charge on any atom is -0.352 e. The van der Waals surface area contributed by atoms with Crippen molar-refractivity contribution in [2.75, 3.05) is 18.0 Å². The average molecular weight is 390 g/mol. The predicted octanol–water partition coefficient (Wildman–Crippen LogP) is 3.26. The van der Waals surface area contributed by atoms with Gasteiger partial charge in [0.05, 0.1) is 17.1 Å². The first-order valence-corrected chi connectivity index (χ1v) is 10.2. The second-order valence-electron chi connectivity index (χ2n) is 7.52. The van der Waals surface area contributed by atoms with E-state index in [1.165, 1.54) is 0 Å². The van der Waals surface area contributed by atoms with Crippen molar-refractivity contribution in [3.8, 4) is 0 Å². The van der Waals surface area contributed by atoms with E-state index in [1.807, 2.05) is 61.5 Å². The van der Waals surface area contributed by atoms with Gasteiger partial charge in [-0.1, -0.05) is 42.5 Å². The molecule has 1 aromatic heterocycles. The van der Waals surface area contributed by atoms with E-state index in [1.54, 1.807) is 4.57 Å². The minimum atomic E-state index is -0.116. The molecule has 1 amide bonds. The Labute approximate surface area is 170 Å². The molecule has 6 heteroatoms. The largest absolute Gasteiger partial charge is 0.352 e. The van der Waals surface area contributed by atoms with E-state index in [4.69, 9.17) is 0 Å². The molecule has 6 nitrogen and oxygen atoms in total. The summed E-state index contributed by atoms with van der Waals surface area (Å²) in [6.07, 6.45) is 2.39. The molecule has 0 bridgehead atoms. The number of aromatic nitrogens is 2. The standard InChI is InChI=1S/C23H26N4O2/c1-17(18-9-3-2-4-10-18)24-21(28)13-16-27-20-12-6-5-11-19(20)25-22(23(27)29)26-14-7-8-15-26/h2-6,9-12,17H,7-8,13-16H2,1H3,(H,24,28). The van der Waals surface area contributed by atoms with Crippen molar-refractivity contribution in [2.24, 2.45) is 0 Å². The Hall–Kier alpha value is -3.15. The molecule has 0 radical (unpaired) electrons. The lowest BCUT2D eigenvalue weighted by Gasteiger charge is -2.19. The number of rotatable bonds is 6. The maximum atomic E-state index is 13.2. The van der Waals surface area contributed by atoms with Gasteiger partial charge in [-0.3, -0.25) is 9.59 Å². The molecule has 4 rings (SSSR count). The Morgan fingerprint density at radius 2 is 1.76 bits per heavy atom. The second kappa shape index (κ2) is 8.47. The van der Waals surface area contributed by atoms with Crippen molar-refractivity contribution in [1.29, 1.82) is 0 Å². The van der Waals surface area contributed by atoms with Crippen molar-refractivity contribution in [3.05, 3.63) is 70.5 Å². The van der Waals surface area contributed by atoms with E-state index < -0.39 is 0 Å². The van der Waals surface area contributed by atoms with Crippen LogP contribution in [0.15, 0.2) is 59.4 Å². The van der Waals surface area contributed by atoms with Crippen LogP contribution >= 0.6 is 0 Å². The minimum absolute atomic E-state index is 0.0723. The first kappa shape index (κ1) is 19.2. The lowest BCUT2D eigenvalue weighted by Crippen LogP contribution is -2.33. The van der Waals surface area contributed by atoms with Gasteiger partial charge in [0, 0.05) is 26.1 Å². The quantitative estimate of drug-likeness (QED) is 0.702. The number of hydrogen-bond donors (Lipinski definition) is 1. The van der Waals surface area contributed by atoms with Crippen LogP contribution in [0.4, 0.5) is 5.82 Å². The number of aryl methyl sites for hydroxylation is 1. The number of amides is 1. The average Bonchev–Trinajstić information content (AvgIpc) is 3.28. The number of hydrogen-bond acceptors (Lipinski definition) is 4. The number of nitrogens with one attached hydrogen (secondary N) is 1. The molecular formula is C23H26N4O2. The Bertz CT molecular complexity index is 1060. The zero-order valence-electron chi connectivity index (χ0n) is 16.7. The summed E-state index contributed by atoms with van der Waals surface area (Å²) in [5, 5.41) is 3.02. The van der Waals surface area contributed by atoms with Crippen molar-refractivity contribution < 1.29 is 4.79 Å². The number of benzene rings is 2. The molecule has 150 valence electrons. The number of anilines is 1.